The maximum Gasteiger partial charge on any atom is 0.114 e. The Bertz CT molecular complexity index is 365. The Morgan fingerprint density at radius 1 is 1.73 bits per heavy atom. The van der Waals surface area contributed by atoms with Crippen molar-refractivity contribution in [2.75, 3.05) is 5.75 Å². The molecule has 3 nitrogen and oxygen atoms in total. The zero-order valence-electron chi connectivity index (χ0n) is 8.69. The van der Waals surface area contributed by atoms with Gasteiger partial charge < -0.3 is 4.42 Å². The lowest BCUT2D eigenvalue weighted by molar-refractivity contribution is 0.527. The van der Waals surface area contributed by atoms with Gasteiger partial charge in [-0.05, 0) is 25.8 Å². The van der Waals surface area contributed by atoms with E-state index in [1.165, 1.54) is 12.8 Å². The average molecular weight is 222 g/mol. The van der Waals surface area contributed by atoms with Gasteiger partial charge in [-0.2, -0.15) is 5.26 Å². The minimum atomic E-state index is -0.0446. The van der Waals surface area contributed by atoms with E-state index in [0.717, 1.165) is 16.4 Å². The Balaban J connectivity index is 1.80. The Hall–Kier alpha value is -0.920. The molecule has 1 saturated carbocycles. The fourth-order valence-corrected chi connectivity index (χ4v) is 2.27. The van der Waals surface area contributed by atoms with E-state index in [0.29, 0.717) is 6.04 Å². The maximum atomic E-state index is 8.95. The predicted molar refractivity (Wildman–Crippen MR) is 59.7 cm³/mol. The molecule has 1 fully saturated rings. The number of nitriles is 1. The van der Waals surface area contributed by atoms with E-state index in [2.05, 4.69) is 11.4 Å². The van der Waals surface area contributed by atoms with Crippen molar-refractivity contribution in [2.24, 2.45) is 0 Å². The Morgan fingerprint density at radius 2 is 2.53 bits per heavy atom. The minimum absolute atomic E-state index is 0.0446. The van der Waals surface area contributed by atoms with Crippen molar-refractivity contribution in [3.05, 3.63) is 18.1 Å². The Kier molecular flexibility index (Phi) is 3.34. The van der Waals surface area contributed by atoms with Crippen LogP contribution in [0.1, 0.15) is 18.6 Å². The van der Waals surface area contributed by atoms with E-state index in [-0.39, 0.29) is 6.04 Å². The highest BCUT2D eigenvalue weighted by molar-refractivity contribution is 7.99. The standard InChI is InChI=1S/C11H14N2OS/c1-8-11(4-5-14-8)15-7-10(6-12)13-9-2-3-9/h4-5,9-10,13H,2-3,7H2,1H3. The second-order valence-electron chi connectivity index (χ2n) is 3.77. The molecule has 1 unspecified atom stereocenters. The number of nitrogens with zero attached hydrogens (tertiary/aromatic N) is 1. The van der Waals surface area contributed by atoms with Crippen molar-refractivity contribution in [1.82, 2.24) is 5.32 Å². The highest BCUT2D eigenvalue weighted by Gasteiger charge is 2.24. The first kappa shape index (κ1) is 10.6. The van der Waals surface area contributed by atoms with Crippen LogP contribution in [0.25, 0.3) is 0 Å². The Labute approximate surface area is 93.8 Å². The molecule has 80 valence electrons. The first-order valence-corrected chi connectivity index (χ1v) is 6.10. The number of aryl methyl sites for hydroxylation is 1. The van der Waals surface area contributed by atoms with Crippen LogP contribution in [0.2, 0.25) is 0 Å². The molecule has 0 aliphatic heterocycles. The molecule has 0 amide bonds. The molecule has 0 spiro atoms. The molecule has 1 aromatic heterocycles. The molecule has 0 radical (unpaired) electrons. The third-order valence-corrected chi connectivity index (χ3v) is 3.62. The third kappa shape index (κ3) is 3.01. The third-order valence-electron chi connectivity index (χ3n) is 2.39. The summed E-state index contributed by atoms with van der Waals surface area (Å²) in [5, 5.41) is 12.3. The normalized spacial score (nSPS) is 17.3. The molecule has 1 N–H and O–H groups in total. The molecule has 1 aliphatic carbocycles. The van der Waals surface area contributed by atoms with Crippen LogP contribution in [0.5, 0.6) is 0 Å². The van der Waals surface area contributed by atoms with Crippen LogP contribution in [0.4, 0.5) is 0 Å². The van der Waals surface area contributed by atoms with Crippen molar-refractivity contribution < 1.29 is 4.42 Å². The summed E-state index contributed by atoms with van der Waals surface area (Å²) in [7, 11) is 0. The van der Waals surface area contributed by atoms with E-state index < -0.39 is 0 Å². The van der Waals surface area contributed by atoms with Crippen molar-refractivity contribution in [2.45, 2.75) is 36.7 Å². The smallest absolute Gasteiger partial charge is 0.114 e. The van der Waals surface area contributed by atoms with Crippen molar-refractivity contribution in [3.63, 3.8) is 0 Å². The second-order valence-corrected chi connectivity index (χ2v) is 4.84. The first-order chi connectivity index (χ1) is 7.29. The van der Waals surface area contributed by atoms with Gasteiger partial charge in [-0.1, -0.05) is 0 Å². The molecule has 1 heterocycles. The summed E-state index contributed by atoms with van der Waals surface area (Å²) in [4.78, 5) is 1.13. The SMILES string of the molecule is Cc1occc1SCC(C#N)NC1CC1. The second kappa shape index (κ2) is 4.73. The molecule has 15 heavy (non-hydrogen) atoms. The summed E-state index contributed by atoms with van der Waals surface area (Å²) in [6.45, 7) is 1.94. The van der Waals surface area contributed by atoms with Crippen LogP contribution in [0.15, 0.2) is 21.6 Å². The quantitative estimate of drug-likeness (QED) is 0.777. The zero-order chi connectivity index (χ0) is 10.7. The summed E-state index contributed by atoms with van der Waals surface area (Å²) in [5.74, 6) is 1.72. The highest BCUT2D eigenvalue weighted by atomic mass is 32.2. The van der Waals surface area contributed by atoms with Crippen molar-refractivity contribution in [1.29, 1.82) is 5.26 Å². The van der Waals surface area contributed by atoms with Crippen molar-refractivity contribution >= 4 is 11.8 Å². The van der Waals surface area contributed by atoms with Gasteiger partial charge >= 0.3 is 0 Å². The van der Waals surface area contributed by atoms with E-state index in [9.17, 15) is 0 Å². The Morgan fingerprint density at radius 3 is 3.07 bits per heavy atom. The number of hydrogen-bond donors (Lipinski definition) is 1. The fraction of sp³-hybridized carbons (Fsp3) is 0.545. The predicted octanol–water partition coefficient (Wildman–Crippen LogP) is 2.32. The number of thioether (sulfide) groups is 1. The highest BCUT2D eigenvalue weighted by Crippen LogP contribution is 2.25. The molecule has 1 aromatic rings. The van der Waals surface area contributed by atoms with Crippen LogP contribution < -0.4 is 5.32 Å². The first-order valence-electron chi connectivity index (χ1n) is 5.12. The summed E-state index contributed by atoms with van der Waals surface area (Å²) >= 11 is 1.68. The van der Waals surface area contributed by atoms with Gasteiger partial charge in [0.05, 0.1) is 12.3 Å². The summed E-state index contributed by atoms with van der Waals surface area (Å²) < 4.78 is 5.20. The van der Waals surface area contributed by atoms with E-state index >= 15 is 0 Å². The zero-order valence-corrected chi connectivity index (χ0v) is 9.51. The molecule has 0 saturated heterocycles. The topological polar surface area (TPSA) is 49.0 Å². The summed E-state index contributed by atoms with van der Waals surface area (Å²) in [6.07, 6.45) is 4.12. The van der Waals surface area contributed by atoms with Gasteiger partial charge in [-0.25, -0.2) is 0 Å². The average Bonchev–Trinajstić information content (AvgIpc) is 2.96. The molecule has 1 aliphatic rings. The molecular weight excluding hydrogens is 208 g/mol. The van der Waals surface area contributed by atoms with E-state index in [1.54, 1.807) is 18.0 Å². The molecule has 0 aromatic carbocycles. The van der Waals surface area contributed by atoms with Gasteiger partial charge in [0.1, 0.15) is 11.8 Å². The van der Waals surface area contributed by atoms with E-state index in [1.807, 2.05) is 13.0 Å². The van der Waals surface area contributed by atoms with Crippen LogP contribution in [0, 0.1) is 18.3 Å². The van der Waals surface area contributed by atoms with Gasteiger partial charge in [0, 0.05) is 16.7 Å². The molecule has 0 bridgehead atoms. The van der Waals surface area contributed by atoms with Crippen LogP contribution >= 0.6 is 11.8 Å². The fourth-order valence-electron chi connectivity index (χ4n) is 1.35. The van der Waals surface area contributed by atoms with Gasteiger partial charge in [-0.15, -0.1) is 11.8 Å². The molecule has 2 rings (SSSR count). The molecular formula is C11H14N2OS. The van der Waals surface area contributed by atoms with Crippen molar-refractivity contribution in [3.8, 4) is 6.07 Å². The monoisotopic (exact) mass is 222 g/mol. The number of nitrogens with one attached hydrogen (secondary N) is 1. The number of furan rings is 1. The van der Waals surface area contributed by atoms with Gasteiger partial charge in [0.15, 0.2) is 0 Å². The minimum Gasteiger partial charge on any atom is -0.468 e. The largest absolute Gasteiger partial charge is 0.468 e. The van der Waals surface area contributed by atoms with E-state index in [4.69, 9.17) is 9.68 Å². The number of hydrogen-bond acceptors (Lipinski definition) is 4. The van der Waals surface area contributed by atoms with Crippen LogP contribution in [-0.4, -0.2) is 17.8 Å². The van der Waals surface area contributed by atoms with Crippen LogP contribution in [0.3, 0.4) is 0 Å². The molecule has 1 atom stereocenters. The van der Waals surface area contributed by atoms with Gasteiger partial charge in [0.2, 0.25) is 0 Å². The maximum absolute atomic E-state index is 8.95. The van der Waals surface area contributed by atoms with Crippen LogP contribution in [-0.2, 0) is 0 Å². The van der Waals surface area contributed by atoms with Gasteiger partial charge in [-0.3, -0.25) is 5.32 Å². The van der Waals surface area contributed by atoms with Gasteiger partial charge in [0.25, 0.3) is 0 Å². The molecule has 4 heteroatoms. The summed E-state index contributed by atoms with van der Waals surface area (Å²) in [5.41, 5.74) is 0. The summed E-state index contributed by atoms with van der Waals surface area (Å²) in [6, 6.07) is 4.78. The lowest BCUT2D eigenvalue weighted by Crippen LogP contribution is -2.31. The number of rotatable bonds is 5. The lowest BCUT2D eigenvalue weighted by Gasteiger charge is -2.09. The lowest BCUT2D eigenvalue weighted by atomic mass is 10.4.